The van der Waals surface area contributed by atoms with Crippen molar-refractivity contribution in [3.8, 4) is 0 Å². The van der Waals surface area contributed by atoms with Crippen molar-refractivity contribution in [2.24, 2.45) is 0 Å². The molecule has 0 atom stereocenters. The average Bonchev–Trinajstić information content (AvgIpc) is 2.36. The fourth-order valence-corrected chi connectivity index (χ4v) is 1.72. The Balaban J connectivity index is 2.90. The molecule has 0 aliphatic carbocycles. The third-order valence-electron chi connectivity index (χ3n) is 3.33. The van der Waals surface area contributed by atoms with Crippen LogP contribution < -0.4 is 5.32 Å². The van der Waals surface area contributed by atoms with Gasteiger partial charge in [0.1, 0.15) is 12.1 Å². The van der Waals surface area contributed by atoms with Gasteiger partial charge in [0.05, 0.1) is 12.1 Å². The van der Waals surface area contributed by atoms with Crippen LogP contribution in [0.25, 0.3) is 0 Å². The van der Waals surface area contributed by atoms with Crippen molar-refractivity contribution in [2.45, 2.75) is 52.0 Å². The van der Waals surface area contributed by atoms with Gasteiger partial charge in [-0.15, -0.1) is 0 Å². The molecule has 0 saturated carbocycles. The average molecular weight is 237 g/mol. The van der Waals surface area contributed by atoms with E-state index in [1.54, 1.807) is 6.33 Å². The maximum Gasteiger partial charge on any atom is 0.130 e. The standard InChI is InChI=1S/C13H23N3O/c1-5-13(6-2,8-17)16-12-7-11(10(3)4)14-9-15-12/h7,9-10,17H,5-6,8H2,1-4H3,(H,14,15,16). The van der Waals surface area contributed by atoms with Crippen LogP contribution in [0.1, 0.15) is 52.1 Å². The van der Waals surface area contributed by atoms with Gasteiger partial charge in [0.15, 0.2) is 0 Å². The number of aromatic nitrogens is 2. The van der Waals surface area contributed by atoms with Gasteiger partial charge in [-0.25, -0.2) is 9.97 Å². The predicted octanol–water partition coefficient (Wildman–Crippen LogP) is 2.56. The molecule has 0 unspecified atom stereocenters. The second kappa shape index (κ2) is 5.96. The van der Waals surface area contributed by atoms with Gasteiger partial charge in [-0.3, -0.25) is 0 Å². The van der Waals surface area contributed by atoms with Crippen LogP contribution in [0.3, 0.4) is 0 Å². The highest BCUT2D eigenvalue weighted by Crippen LogP contribution is 2.22. The molecule has 1 heterocycles. The van der Waals surface area contributed by atoms with E-state index in [2.05, 4.69) is 43.0 Å². The van der Waals surface area contributed by atoms with E-state index < -0.39 is 0 Å². The Morgan fingerprint density at radius 3 is 2.41 bits per heavy atom. The van der Waals surface area contributed by atoms with Crippen LogP contribution in [-0.2, 0) is 0 Å². The molecule has 0 saturated heterocycles. The minimum Gasteiger partial charge on any atom is -0.394 e. The molecule has 2 N–H and O–H groups in total. The van der Waals surface area contributed by atoms with E-state index in [9.17, 15) is 5.11 Å². The smallest absolute Gasteiger partial charge is 0.130 e. The van der Waals surface area contributed by atoms with Crippen molar-refractivity contribution in [1.82, 2.24) is 9.97 Å². The molecule has 4 heteroatoms. The maximum atomic E-state index is 9.51. The van der Waals surface area contributed by atoms with Crippen LogP contribution in [0.4, 0.5) is 5.82 Å². The molecule has 0 spiro atoms. The van der Waals surface area contributed by atoms with Crippen LogP contribution in [0.15, 0.2) is 12.4 Å². The number of rotatable bonds is 6. The van der Waals surface area contributed by atoms with Crippen LogP contribution in [-0.4, -0.2) is 27.2 Å². The number of anilines is 1. The number of hydrogen-bond donors (Lipinski definition) is 2. The first-order valence-corrected chi connectivity index (χ1v) is 6.28. The molecule has 17 heavy (non-hydrogen) atoms. The SMILES string of the molecule is CCC(CC)(CO)Nc1cc(C(C)C)ncn1. The van der Waals surface area contributed by atoms with E-state index >= 15 is 0 Å². The van der Waals surface area contributed by atoms with Gasteiger partial charge in [-0.1, -0.05) is 27.7 Å². The highest BCUT2D eigenvalue weighted by atomic mass is 16.3. The number of nitrogens with one attached hydrogen (secondary N) is 1. The van der Waals surface area contributed by atoms with Crippen LogP contribution in [0.5, 0.6) is 0 Å². The molecule has 0 amide bonds. The number of nitrogens with zero attached hydrogens (tertiary/aromatic N) is 2. The Kier molecular flexibility index (Phi) is 4.87. The van der Waals surface area contributed by atoms with Gasteiger partial charge in [0.25, 0.3) is 0 Å². The van der Waals surface area contributed by atoms with E-state index in [-0.39, 0.29) is 12.1 Å². The molecule has 0 aliphatic heterocycles. The summed E-state index contributed by atoms with van der Waals surface area (Å²) in [4.78, 5) is 8.45. The van der Waals surface area contributed by atoms with E-state index in [0.29, 0.717) is 5.92 Å². The fraction of sp³-hybridized carbons (Fsp3) is 0.692. The third kappa shape index (κ3) is 3.40. The van der Waals surface area contributed by atoms with E-state index in [0.717, 1.165) is 24.4 Å². The van der Waals surface area contributed by atoms with Gasteiger partial charge in [-0.2, -0.15) is 0 Å². The summed E-state index contributed by atoms with van der Waals surface area (Å²) >= 11 is 0. The molecule has 0 radical (unpaired) electrons. The minimum absolute atomic E-state index is 0.112. The molecule has 1 aromatic heterocycles. The zero-order chi connectivity index (χ0) is 12.9. The van der Waals surface area contributed by atoms with Gasteiger partial charge in [0, 0.05) is 11.8 Å². The molecule has 1 aromatic rings. The third-order valence-corrected chi connectivity index (χ3v) is 3.33. The van der Waals surface area contributed by atoms with Crippen molar-refractivity contribution < 1.29 is 5.11 Å². The minimum atomic E-state index is -0.275. The summed E-state index contributed by atoms with van der Waals surface area (Å²) in [6.07, 6.45) is 3.30. The Morgan fingerprint density at radius 1 is 1.29 bits per heavy atom. The van der Waals surface area contributed by atoms with Crippen LogP contribution in [0, 0.1) is 0 Å². The topological polar surface area (TPSA) is 58.0 Å². The van der Waals surface area contributed by atoms with Gasteiger partial charge in [0.2, 0.25) is 0 Å². The van der Waals surface area contributed by atoms with E-state index in [1.165, 1.54) is 0 Å². The van der Waals surface area contributed by atoms with Gasteiger partial charge < -0.3 is 10.4 Å². The Bertz CT molecular complexity index is 340. The molecule has 1 rings (SSSR count). The molecule has 4 nitrogen and oxygen atoms in total. The molecular weight excluding hydrogens is 214 g/mol. The molecule has 0 aliphatic rings. The maximum absolute atomic E-state index is 9.51. The zero-order valence-corrected chi connectivity index (χ0v) is 11.2. The van der Waals surface area contributed by atoms with E-state index in [1.807, 2.05) is 6.07 Å². The second-order valence-electron chi connectivity index (χ2n) is 4.75. The Hall–Kier alpha value is -1.16. The summed E-state index contributed by atoms with van der Waals surface area (Å²) in [6.45, 7) is 8.45. The highest BCUT2D eigenvalue weighted by molar-refractivity contribution is 5.39. The summed E-state index contributed by atoms with van der Waals surface area (Å²) in [5.74, 6) is 1.17. The normalized spacial score (nSPS) is 11.9. The zero-order valence-electron chi connectivity index (χ0n) is 11.2. The first-order chi connectivity index (χ1) is 8.06. The Morgan fingerprint density at radius 2 is 1.94 bits per heavy atom. The molecule has 0 bridgehead atoms. The lowest BCUT2D eigenvalue weighted by Crippen LogP contribution is -2.41. The number of aliphatic hydroxyl groups is 1. The molecule has 0 aromatic carbocycles. The lowest BCUT2D eigenvalue weighted by Gasteiger charge is -2.31. The molecular formula is C13H23N3O. The van der Waals surface area contributed by atoms with Gasteiger partial charge in [-0.05, 0) is 18.8 Å². The quantitative estimate of drug-likeness (QED) is 0.798. The lowest BCUT2D eigenvalue weighted by molar-refractivity contribution is 0.202. The highest BCUT2D eigenvalue weighted by Gasteiger charge is 2.25. The van der Waals surface area contributed by atoms with Crippen molar-refractivity contribution in [2.75, 3.05) is 11.9 Å². The second-order valence-corrected chi connectivity index (χ2v) is 4.75. The molecule has 96 valence electrons. The lowest BCUT2D eigenvalue weighted by atomic mass is 9.94. The predicted molar refractivity (Wildman–Crippen MR) is 70.1 cm³/mol. The first-order valence-electron chi connectivity index (χ1n) is 6.28. The monoisotopic (exact) mass is 237 g/mol. The summed E-state index contributed by atoms with van der Waals surface area (Å²) in [5, 5.41) is 12.8. The van der Waals surface area contributed by atoms with E-state index in [4.69, 9.17) is 0 Å². The molecule has 0 fully saturated rings. The first kappa shape index (κ1) is 13.9. The van der Waals surface area contributed by atoms with Crippen molar-refractivity contribution in [1.29, 1.82) is 0 Å². The number of aliphatic hydroxyl groups excluding tert-OH is 1. The fourth-order valence-electron chi connectivity index (χ4n) is 1.72. The van der Waals surface area contributed by atoms with Gasteiger partial charge >= 0.3 is 0 Å². The van der Waals surface area contributed by atoms with Crippen molar-refractivity contribution >= 4 is 5.82 Å². The van der Waals surface area contributed by atoms with Crippen molar-refractivity contribution in [3.63, 3.8) is 0 Å². The van der Waals surface area contributed by atoms with Crippen molar-refractivity contribution in [3.05, 3.63) is 18.1 Å². The van der Waals surface area contributed by atoms with Crippen LogP contribution >= 0.6 is 0 Å². The summed E-state index contributed by atoms with van der Waals surface area (Å²) < 4.78 is 0. The number of hydrogen-bond acceptors (Lipinski definition) is 4. The Labute approximate surface area is 103 Å². The largest absolute Gasteiger partial charge is 0.394 e. The summed E-state index contributed by atoms with van der Waals surface area (Å²) in [5.41, 5.74) is 0.740. The summed E-state index contributed by atoms with van der Waals surface area (Å²) in [7, 11) is 0. The van der Waals surface area contributed by atoms with Crippen LogP contribution in [0.2, 0.25) is 0 Å². The summed E-state index contributed by atoms with van der Waals surface area (Å²) in [6, 6.07) is 1.96.